The molecule has 0 fully saturated rings. The Morgan fingerprint density at radius 2 is 1.54 bits per heavy atom. The van der Waals surface area contributed by atoms with E-state index in [0.29, 0.717) is 11.1 Å². The monoisotopic (exact) mass is 513 g/mol. The molecule has 0 bridgehead atoms. The minimum Gasteiger partial charge on any atom is -0.454 e. The maximum atomic E-state index is 13.0. The van der Waals surface area contributed by atoms with Crippen LogP contribution in [-0.4, -0.2) is 30.0 Å². The molecule has 4 rings (SSSR count). The first-order valence-electron chi connectivity index (χ1n) is 10.7. The van der Waals surface area contributed by atoms with E-state index in [-0.39, 0.29) is 38.5 Å². The summed E-state index contributed by atoms with van der Waals surface area (Å²) in [5.74, 6) is 0.276. The zero-order chi connectivity index (χ0) is 25.2. The third-order valence-electron chi connectivity index (χ3n) is 5.38. The highest BCUT2D eigenvalue weighted by atomic mass is 32.2. The molecule has 1 heterocycles. The molecule has 0 radical (unpaired) electrons. The molecular weight excluding hydrogens is 490 g/mol. The molecule has 0 spiro atoms. The molecule has 35 heavy (non-hydrogen) atoms. The number of sulfonamides is 1. The molecule has 0 unspecified atom stereocenters. The zero-order valence-electron chi connectivity index (χ0n) is 19.0. The number of para-hydroxylation sites is 1. The predicted octanol–water partition coefficient (Wildman–Crippen LogP) is 3.76. The Hall–Kier alpha value is -3.31. The Bertz CT molecular complexity index is 1640. The van der Waals surface area contributed by atoms with Gasteiger partial charge >= 0.3 is 0 Å². The predicted molar refractivity (Wildman–Crippen MR) is 132 cm³/mol. The second kappa shape index (κ2) is 9.74. The van der Waals surface area contributed by atoms with Gasteiger partial charge in [-0.2, -0.15) is 8.42 Å². The Morgan fingerprint density at radius 1 is 0.857 bits per heavy atom. The van der Waals surface area contributed by atoms with Gasteiger partial charge in [-0.25, -0.2) is 13.1 Å². The summed E-state index contributed by atoms with van der Waals surface area (Å²) < 4.78 is 63.9. The molecular formula is C25H23NO7S2. The van der Waals surface area contributed by atoms with Gasteiger partial charge in [0.05, 0.1) is 16.9 Å². The number of rotatable bonds is 8. The SMILES string of the molecule is Cc1ccc(S(=O)(=O)OCCNS(=O)(=O)c2cccc3c(=O)c(C)c(-c4ccccc4)oc23)cc1. The molecule has 0 saturated heterocycles. The summed E-state index contributed by atoms with van der Waals surface area (Å²) in [7, 11) is -8.20. The van der Waals surface area contributed by atoms with E-state index in [1.54, 1.807) is 43.3 Å². The molecule has 0 saturated carbocycles. The van der Waals surface area contributed by atoms with Gasteiger partial charge < -0.3 is 4.42 Å². The van der Waals surface area contributed by atoms with E-state index in [2.05, 4.69) is 4.72 Å². The standard InChI is InChI=1S/C25H23NO7S2/c1-17-11-13-20(14-12-17)35(30,31)32-16-15-26-34(28,29)22-10-6-9-21-23(27)18(2)24(33-25(21)22)19-7-4-3-5-8-19/h3-14,26H,15-16H2,1-2H3. The number of fused-ring (bicyclic) bond motifs is 1. The topological polar surface area (TPSA) is 120 Å². The van der Waals surface area contributed by atoms with Gasteiger partial charge in [0.15, 0.2) is 11.0 Å². The first-order chi connectivity index (χ1) is 16.6. The van der Waals surface area contributed by atoms with Crippen molar-refractivity contribution in [3.8, 4) is 11.3 Å². The summed E-state index contributed by atoms with van der Waals surface area (Å²) in [6, 6.07) is 19.3. The molecule has 1 aromatic heterocycles. The van der Waals surface area contributed by atoms with E-state index in [0.717, 1.165) is 5.56 Å². The fourth-order valence-corrected chi connectivity index (χ4v) is 5.61. The molecule has 8 nitrogen and oxygen atoms in total. The van der Waals surface area contributed by atoms with E-state index < -0.39 is 26.7 Å². The smallest absolute Gasteiger partial charge is 0.297 e. The van der Waals surface area contributed by atoms with E-state index in [1.165, 1.54) is 30.3 Å². The van der Waals surface area contributed by atoms with Gasteiger partial charge in [0, 0.05) is 17.7 Å². The van der Waals surface area contributed by atoms with Gasteiger partial charge in [-0.1, -0.05) is 54.1 Å². The van der Waals surface area contributed by atoms with Crippen LogP contribution in [0.25, 0.3) is 22.3 Å². The Kier molecular flexibility index (Phi) is 6.91. The van der Waals surface area contributed by atoms with E-state index >= 15 is 0 Å². The summed E-state index contributed by atoms with van der Waals surface area (Å²) in [5, 5.41) is 0.128. The Balaban J connectivity index is 1.59. The lowest BCUT2D eigenvalue weighted by Crippen LogP contribution is -2.28. The maximum Gasteiger partial charge on any atom is 0.297 e. The molecule has 0 atom stereocenters. The summed E-state index contributed by atoms with van der Waals surface area (Å²) in [6.07, 6.45) is 0. The number of hydrogen-bond acceptors (Lipinski definition) is 7. The molecule has 0 aliphatic carbocycles. The highest BCUT2D eigenvalue weighted by molar-refractivity contribution is 7.89. The van der Waals surface area contributed by atoms with Crippen molar-refractivity contribution in [1.82, 2.24) is 4.72 Å². The van der Waals surface area contributed by atoms with Crippen molar-refractivity contribution in [2.45, 2.75) is 23.6 Å². The van der Waals surface area contributed by atoms with Crippen molar-refractivity contribution in [3.05, 3.63) is 94.1 Å². The average Bonchev–Trinajstić information content (AvgIpc) is 2.84. The van der Waals surface area contributed by atoms with Crippen molar-refractivity contribution in [2.75, 3.05) is 13.2 Å². The third-order valence-corrected chi connectivity index (χ3v) is 8.19. The van der Waals surface area contributed by atoms with Gasteiger partial charge in [-0.3, -0.25) is 8.98 Å². The van der Waals surface area contributed by atoms with Crippen molar-refractivity contribution >= 4 is 31.1 Å². The van der Waals surface area contributed by atoms with Crippen molar-refractivity contribution in [3.63, 3.8) is 0 Å². The van der Waals surface area contributed by atoms with E-state index in [9.17, 15) is 21.6 Å². The van der Waals surface area contributed by atoms with Crippen LogP contribution in [0.15, 0.2) is 91.8 Å². The second-order valence-corrected chi connectivity index (χ2v) is 11.2. The number of hydrogen-bond donors (Lipinski definition) is 1. The maximum absolute atomic E-state index is 13.0. The van der Waals surface area contributed by atoms with Gasteiger partial charge in [0.1, 0.15) is 10.7 Å². The van der Waals surface area contributed by atoms with Crippen LogP contribution in [0.4, 0.5) is 0 Å². The van der Waals surface area contributed by atoms with Crippen LogP contribution in [0.5, 0.6) is 0 Å². The van der Waals surface area contributed by atoms with Crippen LogP contribution < -0.4 is 10.2 Å². The van der Waals surface area contributed by atoms with Crippen molar-refractivity contribution in [1.29, 1.82) is 0 Å². The Morgan fingerprint density at radius 3 is 2.23 bits per heavy atom. The minimum atomic E-state index is -4.16. The van der Waals surface area contributed by atoms with Crippen LogP contribution in [0.3, 0.4) is 0 Å². The van der Waals surface area contributed by atoms with Gasteiger partial charge in [-0.15, -0.1) is 0 Å². The number of nitrogens with one attached hydrogen (secondary N) is 1. The minimum absolute atomic E-state index is 0.0226. The van der Waals surface area contributed by atoms with Gasteiger partial charge in [0.25, 0.3) is 10.1 Å². The Labute approximate surface area is 203 Å². The van der Waals surface area contributed by atoms with Crippen LogP contribution in [0.1, 0.15) is 11.1 Å². The quantitative estimate of drug-likeness (QED) is 0.281. The summed E-state index contributed by atoms with van der Waals surface area (Å²) in [5.41, 5.74) is 1.47. The third kappa shape index (κ3) is 5.20. The molecule has 0 aliphatic heterocycles. The lowest BCUT2D eigenvalue weighted by Gasteiger charge is -2.12. The van der Waals surface area contributed by atoms with Gasteiger partial charge in [-0.05, 0) is 38.1 Å². The van der Waals surface area contributed by atoms with Crippen LogP contribution >= 0.6 is 0 Å². The number of aryl methyl sites for hydroxylation is 1. The van der Waals surface area contributed by atoms with Crippen LogP contribution in [0, 0.1) is 13.8 Å². The first-order valence-corrected chi connectivity index (χ1v) is 13.6. The molecule has 182 valence electrons. The summed E-state index contributed by atoms with van der Waals surface area (Å²) in [6.45, 7) is 2.72. The fourth-order valence-electron chi connectivity index (χ4n) is 3.54. The molecule has 0 amide bonds. The van der Waals surface area contributed by atoms with Crippen molar-refractivity contribution in [2.24, 2.45) is 0 Å². The van der Waals surface area contributed by atoms with Crippen LogP contribution in [0.2, 0.25) is 0 Å². The number of benzene rings is 3. The average molecular weight is 514 g/mol. The highest BCUT2D eigenvalue weighted by Gasteiger charge is 2.23. The van der Waals surface area contributed by atoms with E-state index in [4.69, 9.17) is 8.60 Å². The molecule has 1 N–H and O–H groups in total. The molecule has 3 aromatic carbocycles. The molecule has 4 aromatic rings. The van der Waals surface area contributed by atoms with Crippen LogP contribution in [-0.2, 0) is 24.3 Å². The summed E-state index contributed by atoms with van der Waals surface area (Å²) in [4.78, 5) is 12.7. The second-order valence-electron chi connectivity index (χ2n) is 7.87. The highest BCUT2D eigenvalue weighted by Crippen LogP contribution is 2.29. The molecule has 10 heteroatoms. The van der Waals surface area contributed by atoms with Gasteiger partial charge in [0.2, 0.25) is 10.0 Å². The lowest BCUT2D eigenvalue weighted by atomic mass is 10.1. The fraction of sp³-hybridized carbons (Fsp3) is 0.160. The zero-order valence-corrected chi connectivity index (χ0v) is 20.6. The normalized spacial score (nSPS) is 12.2. The molecule has 0 aliphatic rings. The lowest BCUT2D eigenvalue weighted by molar-refractivity contribution is 0.322. The van der Waals surface area contributed by atoms with Crippen molar-refractivity contribution < 1.29 is 25.4 Å². The first kappa shape index (κ1) is 24.8. The largest absolute Gasteiger partial charge is 0.454 e. The van der Waals surface area contributed by atoms with E-state index in [1.807, 2.05) is 13.0 Å². The summed E-state index contributed by atoms with van der Waals surface area (Å²) >= 11 is 0.